The number of nitrogens with two attached hydrogens (primary N) is 1. The van der Waals surface area contributed by atoms with Crippen molar-refractivity contribution in [2.75, 3.05) is 43.4 Å². The fourth-order valence-corrected chi connectivity index (χ4v) is 5.24. The number of hydrogen-bond donors (Lipinski definition) is 1. The largest absolute Gasteiger partial charge is 0.398 e. The van der Waals surface area contributed by atoms with Crippen LogP contribution in [0.4, 0.5) is 11.4 Å². The van der Waals surface area contributed by atoms with Gasteiger partial charge in [-0.05, 0) is 50.1 Å². The van der Waals surface area contributed by atoms with Crippen molar-refractivity contribution in [1.29, 1.82) is 0 Å². The normalized spacial score (nSPS) is 15.4. The Morgan fingerprint density at radius 2 is 1.61 bits per heavy atom. The second-order valence-corrected chi connectivity index (χ2v) is 9.29. The van der Waals surface area contributed by atoms with Crippen LogP contribution in [0.1, 0.15) is 17.5 Å². The number of aromatic nitrogens is 2. The Kier molecular flexibility index (Phi) is 5.59. The highest BCUT2D eigenvalue weighted by Gasteiger charge is 2.19. The van der Waals surface area contributed by atoms with Crippen molar-refractivity contribution >= 4 is 46.2 Å². The van der Waals surface area contributed by atoms with Crippen LogP contribution in [-0.2, 0) is 6.54 Å². The fourth-order valence-electron chi connectivity index (χ4n) is 5.24. The van der Waals surface area contributed by atoms with Crippen LogP contribution in [0.15, 0.2) is 42.6 Å². The quantitative estimate of drug-likeness (QED) is 0.495. The Morgan fingerprint density at radius 3 is 2.33 bits per heavy atom. The van der Waals surface area contributed by atoms with Crippen LogP contribution in [0, 0.1) is 13.8 Å². The van der Waals surface area contributed by atoms with Crippen LogP contribution in [0.5, 0.6) is 0 Å². The molecule has 0 unspecified atom stereocenters. The van der Waals surface area contributed by atoms with E-state index in [9.17, 15) is 0 Å². The Morgan fingerprint density at radius 1 is 0.879 bits per heavy atom. The van der Waals surface area contributed by atoms with Crippen LogP contribution in [0.3, 0.4) is 0 Å². The van der Waals surface area contributed by atoms with E-state index in [4.69, 9.17) is 5.73 Å². The second kappa shape index (κ2) is 8.56. The molecule has 2 aromatic heterocycles. The molecule has 0 saturated carbocycles. The zero-order valence-electron chi connectivity index (χ0n) is 19.8. The van der Waals surface area contributed by atoms with Crippen molar-refractivity contribution in [3.63, 3.8) is 0 Å². The number of benzene rings is 2. The number of pyridine rings is 1. The molecule has 1 aliphatic heterocycles. The maximum atomic E-state index is 6.15. The number of rotatable bonds is 4. The summed E-state index contributed by atoms with van der Waals surface area (Å²) in [5, 5.41) is 5.76. The smallest absolute Gasteiger partial charge is 0.0743 e. The van der Waals surface area contributed by atoms with Gasteiger partial charge in [-0.25, -0.2) is 0 Å². The van der Waals surface area contributed by atoms with Gasteiger partial charge in [0.1, 0.15) is 0 Å². The summed E-state index contributed by atoms with van der Waals surface area (Å²) in [7, 11) is 0. The third-order valence-corrected chi connectivity index (χ3v) is 7.16. The molecule has 0 bridgehead atoms. The lowest BCUT2D eigenvalue weighted by molar-refractivity contribution is 0.279. The summed E-state index contributed by atoms with van der Waals surface area (Å²) < 4.78 is 2.28. The van der Waals surface area contributed by atoms with Gasteiger partial charge >= 0.3 is 0 Å². The van der Waals surface area contributed by atoms with Gasteiger partial charge < -0.3 is 15.2 Å². The Hall–Kier alpha value is -3.31. The minimum atomic E-state index is 0.805. The third kappa shape index (κ3) is 3.87. The number of nitrogens with zero attached hydrogens (tertiary/aromatic N) is 4. The van der Waals surface area contributed by atoms with Crippen LogP contribution in [0.2, 0.25) is 0 Å². The molecule has 5 heteroatoms. The summed E-state index contributed by atoms with van der Waals surface area (Å²) in [5.41, 5.74) is 11.6. The lowest BCUT2D eigenvalue weighted by atomic mass is 10.0. The van der Waals surface area contributed by atoms with Gasteiger partial charge in [-0.1, -0.05) is 37.4 Å². The van der Waals surface area contributed by atoms with E-state index in [-0.39, 0.29) is 0 Å². The van der Waals surface area contributed by atoms with Crippen molar-refractivity contribution in [1.82, 2.24) is 14.5 Å². The second-order valence-electron chi connectivity index (χ2n) is 9.29. The number of nitrogen functional groups attached to an aromatic ring is 1. The van der Waals surface area contributed by atoms with Crippen molar-refractivity contribution in [2.45, 2.75) is 26.8 Å². The first-order chi connectivity index (χ1) is 15.9. The Bertz CT molecular complexity index is 1390. The Labute approximate surface area is 195 Å². The predicted molar refractivity (Wildman–Crippen MR) is 141 cm³/mol. The molecule has 33 heavy (non-hydrogen) atoms. The molecule has 0 aliphatic carbocycles. The van der Waals surface area contributed by atoms with E-state index in [0.717, 1.165) is 73.2 Å². The zero-order valence-corrected chi connectivity index (χ0v) is 19.8. The number of anilines is 2. The van der Waals surface area contributed by atoms with E-state index in [2.05, 4.69) is 76.7 Å². The third-order valence-electron chi connectivity index (χ3n) is 7.16. The lowest BCUT2D eigenvalue weighted by Gasteiger charge is -2.27. The van der Waals surface area contributed by atoms with Gasteiger partial charge in [0.05, 0.1) is 11.2 Å². The fraction of sp³-hybridized carbons (Fsp3) is 0.321. The minimum Gasteiger partial charge on any atom is -0.398 e. The summed E-state index contributed by atoms with van der Waals surface area (Å²) in [4.78, 5) is 9.76. The zero-order chi connectivity index (χ0) is 23.1. The molecule has 4 aromatic rings. The number of aryl methyl sites for hydroxylation is 2. The van der Waals surface area contributed by atoms with Gasteiger partial charge in [0.2, 0.25) is 0 Å². The van der Waals surface area contributed by atoms with Crippen molar-refractivity contribution in [2.24, 2.45) is 0 Å². The standard InChI is InChI=1S/C28H33N5/c1-19-16-25-27(17-26(19)29)30-18-20(2)28(25)32-11-7-10-31(12-14-32)13-15-33-21(3)23-8-5-6-9-24(23)22(33)4/h5-6,8-9,16-18H,3-4,7,10-15,29H2,1-2H3. The molecule has 170 valence electrons. The molecule has 1 fully saturated rings. The molecule has 0 amide bonds. The molecular formula is C28H33N5. The van der Waals surface area contributed by atoms with Crippen LogP contribution < -0.4 is 21.3 Å². The molecule has 3 heterocycles. The molecule has 1 aliphatic rings. The average Bonchev–Trinajstić information content (AvgIpc) is 2.95. The lowest BCUT2D eigenvalue weighted by Crippen LogP contribution is -2.36. The molecule has 5 nitrogen and oxygen atoms in total. The van der Waals surface area contributed by atoms with Gasteiger partial charge in [0.25, 0.3) is 0 Å². The molecular weight excluding hydrogens is 406 g/mol. The van der Waals surface area contributed by atoms with Crippen molar-refractivity contribution < 1.29 is 0 Å². The molecule has 0 radical (unpaired) electrons. The first-order valence-electron chi connectivity index (χ1n) is 11.8. The maximum Gasteiger partial charge on any atom is 0.0743 e. The van der Waals surface area contributed by atoms with Crippen LogP contribution >= 0.6 is 0 Å². The molecule has 5 rings (SSSR count). The van der Waals surface area contributed by atoms with E-state index < -0.39 is 0 Å². The molecule has 2 N–H and O–H groups in total. The highest BCUT2D eigenvalue weighted by molar-refractivity contribution is 5.95. The average molecular weight is 440 g/mol. The first-order valence-corrected chi connectivity index (χ1v) is 11.8. The van der Waals surface area contributed by atoms with E-state index in [1.165, 1.54) is 27.4 Å². The molecule has 2 aromatic carbocycles. The Balaban J connectivity index is 1.34. The molecule has 1 saturated heterocycles. The summed E-state index contributed by atoms with van der Waals surface area (Å²) in [6.45, 7) is 19.0. The predicted octanol–water partition coefficient (Wildman–Crippen LogP) is 3.42. The van der Waals surface area contributed by atoms with Crippen LogP contribution in [0.25, 0.3) is 34.8 Å². The van der Waals surface area contributed by atoms with Gasteiger partial charge in [0, 0.05) is 71.5 Å². The van der Waals surface area contributed by atoms with E-state index in [1.54, 1.807) is 0 Å². The molecule has 0 atom stereocenters. The van der Waals surface area contributed by atoms with Gasteiger partial charge in [0.15, 0.2) is 0 Å². The van der Waals surface area contributed by atoms with E-state index >= 15 is 0 Å². The molecule has 0 spiro atoms. The monoisotopic (exact) mass is 439 g/mol. The number of fused-ring (bicyclic) bond motifs is 2. The minimum absolute atomic E-state index is 0.805. The van der Waals surface area contributed by atoms with E-state index in [0.29, 0.717) is 0 Å². The first kappa shape index (κ1) is 21.5. The van der Waals surface area contributed by atoms with Gasteiger partial charge in [-0.2, -0.15) is 0 Å². The topological polar surface area (TPSA) is 50.3 Å². The van der Waals surface area contributed by atoms with Crippen molar-refractivity contribution in [3.8, 4) is 0 Å². The summed E-state index contributed by atoms with van der Waals surface area (Å²) in [5.74, 6) is 0. The number of hydrogen-bond acceptors (Lipinski definition) is 4. The highest BCUT2D eigenvalue weighted by atomic mass is 15.2. The maximum absolute atomic E-state index is 6.15. The summed E-state index contributed by atoms with van der Waals surface area (Å²) >= 11 is 0. The van der Waals surface area contributed by atoms with Crippen LogP contribution in [-0.4, -0.2) is 47.2 Å². The van der Waals surface area contributed by atoms with Gasteiger partial charge in [-0.3, -0.25) is 9.88 Å². The van der Waals surface area contributed by atoms with E-state index in [1.807, 2.05) is 12.3 Å². The highest BCUT2D eigenvalue weighted by Crippen LogP contribution is 2.32. The van der Waals surface area contributed by atoms with Gasteiger partial charge in [-0.15, -0.1) is 0 Å². The summed E-state index contributed by atoms with van der Waals surface area (Å²) in [6.07, 6.45) is 3.12. The summed E-state index contributed by atoms with van der Waals surface area (Å²) in [6, 6.07) is 12.6. The van der Waals surface area contributed by atoms with Crippen molar-refractivity contribution in [3.05, 3.63) is 64.4 Å². The SMILES string of the molecule is C=c1c2ccccc2c(=C)n1CCN1CCCN(c2c(C)cnc3cc(N)c(C)cc23)CC1.